The highest BCUT2D eigenvalue weighted by Gasteiger charge is 2.33. The maximum Gasteiger partial charge on any atom is 0.408 e. The molecule has 1 amide bonds. The van der Waals surface area contributed by atoms with Crippen molar-refractivity contribution in [2.24, 2.45) is 17.8 Å². The van der Waals surface area contributed by atoms with Crippen molar-refractivity contribution in [3.8, 4) is 5.75 Å². The molecule has 6 nitrogen and oxygen atoms in total. The third-order valence-corrected chi connectivity index (χ3v) is 6.31. The van der Waals surface area contributed by atoms with E-state index in [9.17, 15) is 9.59 Å². The Morgan fingerprint density at radius 1 is 1.15 bits per heavy atom. The lowest BCUT2D eigenvalue weighted by atomic mass is 9.75. The van der Waals surface area contributed by atoms with Crippen LogP contribution in [0.4, 0.5) is 4.79 Å². The van der Waals surface area contributed by atoms with Crippen molar-refractivity contribution in [2.75, 3.05) is 7.11 Å². The van der Waals surface area contributed by atoms with E-state index in [0.29, 0.717) is 29.7 Å². The monoisotopic (exact) mass is 473 g/mol. The molecule has 190 valence electrons. The first-order valence-corrected chi connectivity index (χ1v) is 12.4. The van der Waals surface area contributed by atoms with Gasteiger partial charge in [-0.2, -0.15) is 0 Å². The van der Waals surface area contributed by atoms with Crippen LogP contribution < -0.4 is 10.1 Å². The van der Waals surface area contributed by atoms with Gasteiger partial charge in [-0.15, -0.1) is 0 Å². The van der Waals surface area contributed by atoms with Crippen LogP contribution in [0.25, 0.3) is 0 Å². The van der Waals surface area contributed by atoms with Gasteiger partial charge < -0.3 is 19.5 Å². The van der Waals surface area contributed by atoms with Crippen LogP contribution in [0.5, 0.6) is 5.75 Å². The molecule has 0 unspecified atom stereocenters. The number of rotatable bonds is 8. The van der Waals surface area contributed by atoms with Gasteiger partial charge in [0.05, 0.1) is 13.2 Å². The lowest BCUT2D eigenvalue weighted by Crippen LogP contribution is -2.40. The van der Waals surface area contributed by atoms with Crippen molar-refractivity contribution in [3.05, 3.63) is 41.5 Å². The number of ether oxygens (including phenoxy) is 3. The largest absolute Gasteiger partial charge is 0.497 e. The summed E-state index contributed by atoms with van der Waals surface area (Å²) in [6.07, 6.45) is 4.83. The van der Waals surface area contributed by atoms with Gasteiger partial charge in [-0.05, 0) is 82.4 Å². The Morgan fingerprint density at radius 3 is 2.35 bits per heavy atom. The Labute approximate surface area is 205 Å². The first kappa shape index (κ1) is 27.7. The number of nitrogens with one attached hydrogen (secondary N) is 1. The van der Waals surface area contributed by atoms with Crippen LogP contribution >= 0.6 is 0 Å². The molecule has 6 heteroatoms. The minimum atomic E-state index is -0.615. The van der Waals surface area contributed by atoms with Gasteiger partial charge in [-0.1, -0.05) is 45.4 Å². The molecule has 34 heavy (non-hydrogen) atoms. The summed E-state index contributed by atoms with van der Waals surface area (Å²) in [5.74, 6) is 1.83. The second-order valence-corrected chi connectivity index (χ2v) is 10.9. The van der Waals surface area contributed by atoms with Crippen molar-refractivity contribution >= 4 is 12.1 Å². The molecule has 1 aliphatic rings. The molecule has 1 aromatic carbocycles. The second kappa shape index (κ2) is 12.3. The van der Waals surface area contributed by atoms with Crippen LogP contribution in [-0.2, 0) is 20.7 Å². The Kier molecular flexibility index (Phi) is 10.0. The predicted molar refractivity (Wildman–Crippen MR) is 135 cm³/mol. The molecule has 1 aliphatic carbocycles. The molecule has 0 bridgehead atoms. The van der Waals surface area contributed by atoms with Gasteiger partial charge in [-0.25, -0.2) is 9.59 Å². The third-order valence-electron chi connectivity index (χ3n) is 6.31. The zero-order valence-corrected chi connectivity index (χ0v) is 22.1. The molecule has 0 aliphatic heterocycles. The van der Waals surface area contributed by atoms with Crippen molar-refractivity contribution in [2.45, 2.75) is 91.9 Å². The Hall–Kier alpha value is -2.50. The topological polar surface area (TPSA) is 73.9 Å². The maximum atomic E-state index is 13.0. The highest BCUT2D eigenvalue weighted by Crippen LogP contribution is 2.35. The Morgan fingerprint density at radius 2 is 1.79 bits per heavy atom. The van der Waals surface area contributed by atoms with Crippen LogP contribution in [0.1, 0.15) is 73.3 Å². The van der Waals surface area contributed by atoms with Crippen LogP contribution in [0, 0.1) is 17.8 Å². The molecule has 0 saturated heterocycles. The van der Waals surface area contributed by atoms with Crippen molar-refractivity contribution in [1.29, 1.82) is 0 Å². The quantitative estimate of drug-likeness (QED) is 0.366. The minimum Gasteiger partial charge on any atom is -0.497 e. The van der Waals surface area contributed by atoms with Crippen molar-refractivity contribution in [3.63, 3.8) is 0 Å². The van der Waals surface area contributed by atoms with E-state index in [1.165, 1.54) is 6.42 Å². The summed E-state index contributed by atoms with van der Waals surface area (Å²) in [7, 11) is 1.62. The number of carbonyl (C=O) groups is 2. The summed E-state index contributed by atoms with van der Waals surface area (Å²) in [6, 6.07) is 7.21. The molecule has 0 radical (unpaired) electrons. The van der Waals surface area contributed by atoms with Crippen LogP contribution in [0.15, 0.2) is 35.9 Å². The van der Waals surface area contributed by atoms with E-state index in [4.69, 9.17) is 14.2 Å². The van der Waals surface area contributed by atoms with E-state index >= 15 is 0 Å². The Balaban J connectivity index is 2.17. The molecule has 2 rings (SSSR count). The second-order valence-electron chi connectivity index (χ2n) is 10.9. The standard InChI is InChI=1S/C28H43NO5/c1-18(2)24-14-9-19(3)15-25(24)33-26(30)20(4)16-22(29-27(31)34-28(5,6)7)17-21-10-12-23(32-8)13-11-21/h10-13,16,18-19,22,24-25H,9,14-15,17H2,1-8H3,(H,29,31)/b20-16+/t19-,22-,24+,25-/m1/s1. The van der Waals surface area contributed by atoms with E-state index in [0.717, 1.165) is 24.2 Å². The van der Waals surface area contributed by atoms with E-state index in [-0.39, 0.29) is 12.1 Å². The Bertz CT molecular complexity index is 837. The number of methoxy groups -OCH3 is 1. The zero-order valence-electron chi connectivity index (χ0n) is 22.1. The minimum absolute atomic E-state index is 0.0709. The summed E-state index contributed by atoms with van der Waals surface area (Å²) in [5.41, 5.74) is 0.867. The summed E-state index contributed by atoms with van der Waals surface area (Å²) >= 11 is 0. The van der Waals surface area contributed by atoms with Gasteiger partial charge in [0.25, 0.3) is 0 Å². The average Bonchev–Trinajstić information content (AvgIpc) is 2.72. The van der Waals surface area contributed by atoms with Crippen molar-refractivity contribution in [1.82, 2.24) is 5.32 Å². The van der Waals surface area contributed by atoms with Gasteiger partial charge in [0.1, 0.15) is 17.5 Å². The van der Waals surface area contributed by atoms with Gasteiger partial charge in [0, 0.05) is 5.57 Å². The summed E-state index contributed by atoms with van der Waals surface area (Å²) in [6.45, 7) is 13.8. The molecule has 1 aromatic rings. The normalized spacial score (nSPS) is 22.1. The fraction of sp³-hybridized carbons (Fsp3) is 0.643. The highest BCUT2D eigenvalue weighted by atomic mass is 16.6. The lowest BCUT2D eigenvalue weighted by Gasteiger charge is -2.36. The first-order chi connectivity index (χ1) is 15.9. The third kappa shape index (κ3) is 9.03. The van der Waals surface area contributed by atoms with E-state index in [2.05, 4.69) is 26.1 Å². The smallest absolute Gasteiger partial charge is 0.408 e. The molecular formula is C28H43NO5. The average molecular weight is 474 g/mol. The molecule has 1 N–H and O–H groups in total. The molecule has 1 fully saturated rings. The number of hydrogen-bond donors (Lipinski definition) is 1. The van der Waals surface area contributed by atoms with Gasteiger partial charge >= 0.3 is 12.1 Å². The molecule has 0 aromatic heterocycles. The maximum absolute atomic E-state index is 13.0. The fourth-order valence-corrected chi connectivity index (χ4v) is 4.48. The summed E-state index contributed by atoms with van der Waals surface area (Å²) < 4.78 is 16.7. The zero-order chi connectivity index (χ0) is 25.5. The number of benzene rings is 1. The van der Waals surface area contributed by atoms with Crippen LogP contribution in [-0.4, -0.2) is 36.9 Å². The van der Waals surface area contributed by atoms with Gasteiger partial charge in [0.2, 0.25) is 0 Å². The van der Waals surface area contributed by atoms with E-state index in [1.807, 2.05) is 45.0 Å². The van der Waals surface area contributed by atoms with E-state index < -0.39 is 17.7 Å². The molecule has 4 atom stereocenters. The number of hydrogen-bond acceptors (Lipinski definition) is 5. The number of alkyl carbamates (subject to hydrolysis) is 1. The highest BCUT2D eigenvalue weighted by molar-refractivity contribution is 5.88. The predicted octanol–water partition coefficient (Wildman–Crippen LogP) is 6.08. The van der Waals surface area contributed by atoms with Gasteiger partial charge in [-0.3, -0.25) is 0 Å². The fourth-order valence-electron chi connectivity index (χ4n) is 4.48. The molecular weight excluding hydrogens is 430 g/mol. The summed E-state index contributed by atoms with van der Waals surface area (Å²) in [5, 5.41) is 2.90. The lowest BCUT2D eigenvalue weighted by molar-refractivity contribution is -0.151. The van der Waals surface area contributed by atoms with Gasteiger partial charge in [0.15, 0.2) is 0 Å². The molecule has 1 saturated carbocycles. The number of amides is 1. The van der Waals surface area contributed by atoms with Crippen molar-refractivity contribution < 1.29 is 23.8 Å². The SMILES string of the molecule is COc1ccc(C[C@@H](/C=C(\C)C(=O)O[C@@H]2C[C@H](C)CC[C@H]2C(C)C)NC(=O)OC(C)(C)C)cc1. The van der Waals surface area contributed by atoms with E-state index in [1.54, 1.807) is 20.1 Å². The molecule has 0 spiro atoms. The first-order valence-electron chi connectivity index (χ1n) is 12.4. The van der Waals surface area contributed by atoms with Crippen LogP contribution in [0.2, 0.25) is 0 Å². The number of carbonyl (C=O) groups excluding carboxylic acids is 2. The molecule has 0 heterocycles. The summed E-state index contributed by atoms with van der Waals surface area (Å²) in [4.78, 5) is 25.5. The number of esters is 1. The van der Waals surface area contributed by atoms with Crippen LogP contribution in [0.3, 0.4) is 0 Å².